The van der Waals surface area contributed by atoms with E-state index in [9.17, 15) is 4.79 Å². The van der Waals surface area contributed by atoms with E-state index < -0.39 is 11.7 Å². The molecule has 7 heteroatoms. The van der Waals surface area contributed by atoms with Gasteiger partial charge in [0.25, 0.3) is 0 Å². The maximum absolute atomic E-state index is 11.4. The number of hydrogen-bond acceptors (Lipinski definition) is 6. The zero-order valence-electron chi connectivity index (χ0n) is 10.9. The van der Waals surface area contributed by atoms with Gasteiger partial charge in [0.15, 0.2) is 11.4 Å². The first-order valence-corrected chi connectivity index (χ1v) is 5.48. The van der Waals surface area contributed by atoms with E-state index in [4.69, 9.17) is 15.3 Å². The molecule has 1 aromatic heterocycles. The molecule has 0 aliphatic heterocycles. The summed E-state index contributed by atoms with van der Waals surface area (Å²) in [6, 6.07) is 3.53. The van der Waals surface area contributed by atoms with Gasteiger partial charge in [0.05, 0.1) is 18.4 Å². The van der Waals surface area contributed by atoms with Gasteiger partial charge in [0.2, 0.25) is 0 Å². The van der Waals surface area contributed by atoms with Gasteiger partial charge in [0.1, 0.15) is 17.7 Å². The summed E-state index contributed by atoms with van der Waals surface area (Å²) in [4.78, 5) is 19.1. The Hall–Kier alpha value is -2.67. The van der Waals surface area contributed by atoms with Crippen LogP contribution in [0.3, 0.4) is 0 Å². The molecule has 0 bridgehead atoms. The Morgan fingerprint density at radius 2 is 2.00 bits per heavy atom. The maximum atomic E-state index is 11.4. The van der Waals surface area contributed by atoms with Gasteiger partial charge in [0, 0.05) is 0 Å². The van der Waals surface area contributed by atoms with Crippen LogP contribution in [0.15, 0.2) is 6.20 Å². The monoisotopic (exact) mass is 259 g/mol. The summed E-state index contributed by atoms with van der Waals surface area (Å²) in [7, 11) is 0. The van der Waals surface area contributed by atoms with Crippen LogP contribution in [0, 0.1) is 22.7 Å². The molecule has 1 rings (SSSR count). The summed E-state index contributed by atoms with van der Waals surface area (Å²) in [6.45, 7) is 5.33. The van der Waals surface area contributed by atoms with E-state index in [-0.39, 0.29) is 17.9 Å². The van der Waals surface area contributed by atoms with Crippen LogP contribution in [0.2, 0.25) is 0 Å². The van der Waals surface area contributed by atoms with E-state index in [1.807, 2.05) is 0 Å². The molecule has 0 aromatic carbocycles. The molecule has 98 valence electrons. The molecule has 1 amide bonds. The highest BCUT2D eigenvalue weighted by atomic mass is 16.6. The number of rotatable bonds is 2. The molecule has 1 heterocycles. The molecule has 0 aliphatic carbocycles. The molecular formula is C12H13N5O2. The number of nitrogens with one attached hydrogen (secondary N) is 1. The van der Waals surface area contributed by atoms with Gasteiger partial charge in [-0.15, -0.1) is 0 Å². The molecule has 0 saturated carbocycles. The predicted molar refractivity (Wildman–Crippen MR) is 64.5 cm³/mol. The Labute approximate surface area is 110 Å². The number of aromatic nitrogens is 2. The number of carbonyl (C=O) groups is 1. The van der Waals surface area contributed by atoms with Crippen LogP contribution in [0.25, 0.3) is 0 Å². The van der Waals surface area contributed by atoms with Crippen molar-refractivity contribution in [2.24, 2.45) is 0 Å². The van der Waals surface area contributed by atoms with E-state index in [1.54, 1.807) is 32.9 Å². The highest BCUT2D eigenvalue weighted by molar-refractivity contribution is 5.67. The normalized spacial score (nSPS) is 10.2. The average molecular weight is 259 g/mol. The van der Waals surface area contributed by atoms with Crippen LogP contribution in [0.4, 0.5) is 4.79 Å². The highest BCUT2D eigenvalue weighted by Crippen LogP contribution is 2.07. The van der Waals surface area contributed by atoms with Crippen LogP contribution in [-0.4, -0.2) is 21.7 Å². The van der Waals surface area contributed by atoms with Crippen molar-refractivity contribution in [3.05, 3.63) is 23.3 Å². The van der Waals surface area contributed by atoms with Gasteiger partial charge in [-0.25, -0.2) is 14.8 Å². The lowest BCUT2D eigenvalue weighted by Gasteiger charge is -2.19. The SMILES string of the molecule is CC(C)(C)OC(=O)NCc1cnc(C#N)c(C#N)n1. The van der Waals surface area contributed by atoms with Crippen LogP contribution < -0.4 is 5.32 Å². The van der Waals surface area contributed by atoms with Gasteiger partial charge < -0.3 is 10.1 Å². The number of hydrogen-bond donors (Lipinski definition) is 1. The molecule has 0 saturated heterocycles. The van der Waals surface area contributed by atoms with Crippen LogP contribution >= 0.6 is 0 Å². The molecule has 7 nitrogen and oxygen atoms in total. The molecule has 1 aromatic rings. The highest BCUT2D eigenvalue weighted by Gasteiger charge is 2.16. The van der Waals surface area contributed by atoms with Crippen molar-refractivity contribution in [3.8, 4) is 12.1 Å². The second-order valence-electron chi connectivity index (χ2n) is 4.64. The van der Waals surface area contributed by atoms with Gasteiger partial charge in [-0.3, -0.25) is 0 Å². The van der Waals surface area contributed by atoms with Crippen LogP contribution in [0.1, 0.15) is 37.9 Å². The first-order chi connectivity index (χ1) is 8.85. The van der Waals surface area contributed by atoms with Gasteiger partial charge in [-0.2, -0.15) is 10.5 Å². The van der Waals surface area contributed by atoms with Gasteiger partial charge in [-0.05, 0) is 20.8 Å². The quantitative estimate of drug-likeness (QED) is 0.855. The Balaban J connectivity index is 2.68. The molecule has 0 atom stereocenters. The Kier molecular flexibility index (Phi) is 4.38. The summed E-state index contributed by atoms with van der Waals surface area (Å²) in [6.07, 6.45) is 0.744. The molecule has 0 unspecified atom stereocenters. The minimum Gasteiger partial charge on any atom is -0.444 e. The van der Waals surface area contributed by atoms with Crippen molar-refractivity contribution in [2.45, 2.75) is 32.9 Å². The molecular weight excluding hydrogens is 246 g/mol. The standard InChI is InChI=1S/C12H13N5O2/c1-12(2,3)19-11(18)16-7-8-6-15-9(4-13)10(5-14)17-8/h6H,7H2,1-3H3,(H,16,18). The van der Waals surface area contributed by atoms with Crippen LogP contribution in [-0.2, 0) is 11.3 Å². The smallest absolute Gasteiger partial charge is 0.407 e. The lowest BCUT2D eigenvalue weighted by molar-refractivity contribution is 0.0523. The molecule has 0 radical (unpaired) electrons. The minimum atomic E-state index is -0.586. The van der Waals surface area contributed by atoms with E-state index in [2.05, 4.69) is 15.3 Å². The third kappa shape index (κ3) is 4.60. The maximum Gasteiger partial charge on any atom is 0.407 e. The average Bonchev–Trinajstić information content (AvgIpc) is 2.33. The van der Waals surface area contributed by atoms with Gasteiger partial charge in [-0.1, -0.05) is 0 Å². The second kappa shape index (κ2) is 5.78. The number of nitrogens with zero attached hydrogens (tertiary/aromatic N) is 4. The fourth-order valence-corrected chi connectivity index (χ4v) is 1.15. The topological polar surface area (TPSA) is 112 Å². The van der Waals surface area contributed by atoms with Crippen molar-refractivity contribution in [3.63, 3.8) is 0 Å². The van der Waals surface area contributed by atoms with Gasteiger partial charge >= 0.3 is 6.09 Å². The molecule has 19 heavy (non-hydrogen) atoms. The molecule has 0 spiro atoms. The number of alkyl carbamates (subject to hydrolysis) is 1. The minimum absolute atomic E-state index is 0.0384. The van der Waals surface area contributed by atoms with Crippen molar-refractivity contribution < 1.29 is 9.53 Å². The summed E-state index contributed by atoms with van der Waals surface area (Å²) < 4.78 is 5.05. The third-order valence-electron chi connectivity index (χ3n) is 1.85. The Bertz CT molecular complexity index is 563. The number of ether oxygens (including phenoxy) is 1. The largest absolute Gasteiger partial charge is 0.444 e. The van der Waals surface area contributed by atoms with Crippen LogP contribution in [0.5, 0.6) is 0 Å². The first-order valence-electron chi connectivity index (χ1n) is 5.48. The Morgan fingerprint density at radius 3 is 2.53 bits per heavy atom. The predicted octanol–water partition coefficient (Wildman–Crippen LogP) is 1.24. The first kappa shape index (κ1) is 14.4. The summed E-state index contributed by atoms with van der Waals surface area (Å²) in [5.74, 6) is 0. The zero-order chi connectivity index (χ0) is 14.5. The fraction of sp³-hybridized carbons (Fsp3) is 0.417. The van der Waals surface area contributed by atoms with E-state index >= 15 is 0 Å². The van der Waals surface area contributed by atoms with Crippen molar-refractivity contribution in [2.75, 3.05) is 0 Å². The van der Waals surface area contributed by atoms with E-state index in [0.29, 0.717) is 5.69 Å². The van der Waals surface area contributed by atoms with Crippen molar-refractivity contribution in [1.29, 1.82) is 10.5 Å². The Morgan fingerprint density at radius 1 is 1.37 bits per heavy atom. The zero-order valence-corrected chi connectivity index (χ0v) is 10.9. The summed E-state index contributed by atoms with van der Waals surface area (Å²) in [5, 5.41) is 20.0. The fourth-order valence-electron chi connectivity index (χ4n) is 1.15. The summed E-state index contributed by atoms with van der Waals surface area (Å²) in [5.41, 5.74) is -0.311. The van der Waals surface area contributed by atoms with Crippen molar-refractivity contribution in [1.82, 2.24) is 15.3 Å². The van der Waals surface area contributed by atoms with E-state index in [1.165, 1.54) is 6.20 Å². The van der Waals surface area contributed by atoms with E-state index in [0.717, 1.165) is 0 Å². The number of nitriles is 2. The molecule has 0 fully saturated rings. The second-order valence-corrected chi connectivity index (χ2v) is 4.64. The lowest BCUT2D eigenvalue weighted by atomic mass is 10.2. The third-order valence-corrected chi connectivity index (χ3v) is 1.85. The lowest BCUT2D eigenvalue weighted by Crippen LogP contribution is -2.32. The number of amides is 1. The molecule has 0 aliphatic rings. The molecule has 1 N–H and O–H groups in total. The van der Waals surface area contributed by atoms with Crippen molar-refractivity contribution >= 4 is 6.09 Å². The number of carbonyl (C=O) groups excluding carboxylic acids is 1. The summed E-state index contributed by atoms with van der Waals surface area (Å²) >= 11 is 0.